The molecular formula is C23H24O3. The molecular weight excluding hydrogens is 324 g/mol. The van der Waals surface area contributed by atoms with Crippen LogP contribution in [0, 0.1) is 0 Å². The van der Waals surface area contributed by atoms with Crippen molar-refractivity contribution >= 4 is 0 Å². The second-order valence-corrected chi connectivity index (χ2v) is 6.44. The van der Waals surface area contributed by atoms with Gasteiger partial charge in [-0.15, -0.1) is 0 Å². The van der Waals surface area contributed by atoms with Crippen LogP contribution in [0.15, 0.2) is 72.8 Å². The summed E-state index contributed by atoms with van der Waals surface area (Å²) in [4.78, 5) is 0. The fourth-order valence-corrected chi connectivity index (χ4v) is 2.61. The van der Waals surface area contributed by atoms with Gasteiger partial charge in [0, 0.05) is 6.07 Å². The Balaban J connectivity index is 1.64. The first-order valence-corrected chi connectivity index (χ1v) is 8.77. The highest BCUT2D eigenvalue weighted by Crippen LogP contribution is 2.27. The van der Waals surface area contributed by atoms with Crippen LogP contribution in [0.25, 0.3) is 0 Å². The Morgan fingerprint density at radius 2 is 1.42 bits per heavy atom. The summed E-state index contributed by atoms with van der Waals surface area (Å²) in [6.45, 7) is 4.84. The van der Waals surface area contributed by atoms with Crippen LogP contribution in [0.2, 0.25) is 0 Å². The van der Waals surface area contributed by atoms with Gasteiger partial charge in [-0.2, -0.15) is 0 Å². The van der Waals surface area contributed by atoms with Crippen LogP contribution in [-0.4, -0.2) is 7.11 Å². The van der Waals surface area contributed by atoms with Crippen molar-refractivity contribution in [3.8, 4) is 23.0 Å². The third kappa shape index (κ3) is 4.79. The average Bonchev–Trinajstić information content (AvgIpc) is 2.67. The van der Waals surface area contributed by atoms with Gasteiger partial charge in [0.05, 0.1) is 7.11 Å². The lowest BCUT2D eigenvalue weighted by atomic mass is 10.0. The van der Waals surface area contributed by atoms with E-state index in [0.717, 1.165) is 28.6 Å². The highest BCUT2D eigenvalue weighted by atomic mass is 16.5. The molecule has 0 amide bonds. The summed E-state index contributed by atoms with van der Waals surface area (Å²) in [5.74, 6) is 3.68. The molecule has 0 aliphatic carbocycles. The maximum absolute atomic E-state index is 5.94. The minimum atomic E-state index is 0.476. The monoisotopic (exact) mass is 348 g/mol. The fourth-order valence-electron chi connectivity index (χ4n) is 2.61. The summed E-state index contributed by atoms with van der Waals surface area (Å²) in [7, 11) is 1.66. The molecule has 3 rings (SSSR count). The molecule has 0 fully saturated rings. The van der Waals surface area contributed by atoms with Crippen LogP contribution in [0.4, 0.5) is 0 Å². The third-order valence-electron chi connectivity index (χ3n) is 4.13. The summed E-state index contributed by atoms with van der Waals surface area (Å²) < 4.78 is 17.1. The molecule has 26 heavy (non-hydrogen) atoms. The molecule has 3 aromatic carbocycles. The lowest BCUT2D eigenvalue weighted by molar-refractivity contribution is 0.303. The van der Waals surface area contributed by atoms with Gasteiger partial charge >= 0.3 is 0 Å². The SMILES string of the molecule is COc1cccc(COc2cccc(Oc3ccc(C(C)C)cc3)c2)c1. The molecule has 0 heterocycles. The van der Waals surface area contributed by atoms with E-state index in [1.165, 1.54) is 5.56 Å². The number of hydrogen-bond donors (Lipinski definition) is 0. The Bertz CT molecular complexity index is 838. The second kappa shape index (κ2) is 8.43. The van der Waals surface area contributed by atoms with E-state index in [1.807, 2.05) is 60.7 Å². The highest BCUT2D eigenvalue weighted by Gasteiger charge is 2.03. The summed E-state index contributed by atoms with van der Waals surface area (Å²) in [5, 5.41) is 0. The smallest absolute Gasteiger partial charge is 0.131 e. The van der Waals surface area contributed by atoms with Gasteiger partial charge in [-0.3, -0.25) is 0 Å². The Morgan fingerprint density at radius 3 is 2.15 bits per heavy atom. The molecule has 0 saturated heterocycles. The average molecular weight is 348 g/mol. The van der Waals surface area contributed by atoms with Crippen molar-refractivity contribution in [1.82, 2.24) is 0 Å². The minimum Gasteiger partial charge on any atom is -0.497 e. The third-order valence-corrected chi connectivity index (χ3v) is 4.13. The molecule has 0 aromatic heterocycles. The molecule has 3 nitrogen and oxygen atoms in total. The molecule has 0 aliphatic heterocycles. The van der Waals surface area contributed by atoms with Gasteiger partial charge in [-0.05, 0) is 53.4 Å². The molecule has 134 valence electrons. The Labute approximate surface area is 155 Å². The van der Waals surface area contributed by atoms with Gasteiger partial charge in [0.25, 0.3) is 0 Å². The van der Waals surface area contributed by atoms with E-state index in [2.05, 4.69) is 26.0 Å². The zero-order chi connectivity index (χ0) is 18.4. The lowest BCUT2D eigenvalue weighted by Gasteiger charge is -2.11. The molecule has 3 heteroatoms. The molecule has 0 aliphatic rings. The van der Waals surface area contributed by atoms with Crippen LogP contribution in [0.5, 0.6) is 23.0 Å². The molecule has 0 N–H and O–H groups in total. The zero-order valence-corrected chi connectivity index (χ0v) is 15.4. The van der Waals surface area contributed by atoms with Crippen molar-refractivity contribution in [2.45, 2.75) is 26.4 Å². The number of rotatable bonds is 7. The summed E-state index contributed by atoms with van der Waals surface area (Å²) in [5.41, 5.74) is 2.35. The maximum atomic E-state index is 5.94. The van der Waals surface area contributed by atoms with Crippen LogP contribution < -0.4 is 14.2 Å². The van der Waals surface area contributed by atoms with Crippen LogP contribution >= 0.6 is 0 Å². The zero-order valence-electron chi connectivity index (χ0n) is 15.4. The van der Waals surface area contributed by atoms with Crippen molar-refractivity contribution in [3.05, 3.63) is 83.9 Å². The summed E-state index contributed by atoms with van der Waals surface area (Å²) >= 11 is 0. The predicted octanol–water partition coefficient (Wildman–Crippen LogP) is 6.19. The number of benzene rings is 3. The van der Waals surface area contributed by atoms with Crippen molar-refractivity contribution < 1.29 is 14.2 Å². The number of ether oxygens (including phenoxy) is 3. The molecule has 0 spiro atoms. The molecule has 0 bridgehead atoms. The first-order chi connectivity index (χ1) is 12.6. The standard InChI is InChI=1S/C23H24O3/c1-17(2)19-10-12-20(13-11-19)26-23-9-5-8-22(15-23)25-16-18-6-4-7-21(14-18)24-3/h4-15,17H,16H2,1-3H3. The van der Waals surface area contributed by atoms with Gasteiger partial charge in [0.2, 0.25) is 0 Å². The van der Waals surface area contributed by atoms with Gasteiger partial charge in [0.15, 0.2) is 0 Å². The van der Waals surface area contributed by atoms with Crippen molar-refractivity contribution in [1.29, 1.82) is 0 Å². The van der Waals surface area contributed by atoms with E-state index in [1.54, 1.807) is 7.11 Å². The lowest BCUT2D eigenvalue weighted by Crippen LogP contribution is -1.96. The van der Waals surface area contributed by atoms with E-state index in [9.17, 15) is 0 Å². The first kappa shape index (κ1) is 17.9. The van der Waals surface area contributed by atoms with Crippen LogP contribution in [-0.2, 0) is 6.61 Å². The van der Waals surface area contributed by atoms with E-state index < -0.39 is 0 Å². The number of methoxy groups -OCH3 is 1. The Kier molecular flexibility index (Phi) is 5.80. The molecule has 3 aromatic rings. The van der Waals surface area contributed by atoms with Crippen molar-refractivity contribution in [2.75, 3.05) is 7.11 Å². The molecule has 0 saturated carbocycles. The van der Waals surface area contributed by atoms with Crippen molar-refractivity contribution in [3.63, 3.8) is 0 Å². The van der Waals surface area contributed by atoms with E-state index in [4.69, 9.17) is 14.2 Å². The summed E-state index contributed by atoms with van der Waals surface area (Å²) in [6, 6.07) is 23.7. The van der Waals surface area contributed by atoms with Gasteiger partial charge in [0.1, 0.15) is 29.6 Å². The minimum absolute atomic E-state index is 0.476. The predicted molar refractivity (Wildman–Crippen MR) is 104 cm³/mol. The quantitative estimate of drug-likeness (QED) is 0.509. The Hall–Kier alpha value is -2.94. The van der Waals surface area contributed by atoms with Crippen LogP contribution in [0.3, 0.4) is 0 Å². The van der Waals surface area contributed by atoms with Gasteiger partial charge in [-0.25, -0.2) is 0 Å². The highest BCUT2D eigenvalue weighted by molar-refractivity contribution is 5.38. The normalized spacial score (nSPS) is 10.6. The number of hydrogen-bond acceptors (Lipinski definition) is 3. The van der Waals surface area contributed by atoms with Crippen molar-refractivity contribution in [2.24, 2.45) is 0 Å². The molecule has 0 radical (unpaired) electrons. The van der Waals surface area contributed by atoms with E-state index in [-0.39, 0.29) is 0 Å². The van der Waals surface area contributed by atoms with E-state index >= 15 is 0 Å². The van der Waals surface area contributed by atoms with E-state index in [0.29, 0.717) is 12.5 Å². The van der Waals surface area contributed by atoms with Gasteiger partial charge < -0.3 is 14.2 Å². The first-order valence-electron chi connectivity index (χ1n) is 8.77. The van der Waals surface area contributed by atoms with Gasteiger partial charge in [-0.1, -0.05) is 44.2 Å². The molecule has 0 unspecified atom stereocenters. The van der Waals surface area contributed by atoms with Crippen LogP contribution in [0.1, 0.15) is 30.9 Å². The topological polar surface area (TPSA) is 27.7 Å². The fraction of sp³-hybridized carbons (Fsp3) is 0.217. The Morgan fingerprint density at radius 1 is 0.731 bits per heavy atom. The summed E-state index contributed by atoms with van der Waals surface area (Å²) in [6.07, 6.45) is 0. The molecule has 0 atom stereocenters. The second-order valence-electron chi connectivity index (χ2n) is 6.44. The largest absolute Gasteiger partial charge is 0.497 e. The maximum Gasteiger partial charge on any atom is 0.131 e.